The number of carbonyl (C=O) groups is 1. The van der Waals surface area contributed by atoms with Gasteiger partial charge in [-0.3, -0.25) is 0 Å². The first kappa shape index (κ1) is 9.43. The van der Waals surface area contributed by atoms with Crippen LogP contribution in [0.15, 0.2) is 5.16 Å². The molecule has 11 heavy (non-hydrogen) atoms. The van der Waals surface area contributed by atoms with E-state index >= 15 is 0 Å². The minimum Gasteiger partial charge on any atom is -0.458 e. The van der Waals surface area contributed by atoms with Gasteiger partial charge in [-0.15, -0.1) is 0 Å². The lowest BCUT2D eigenvalue weighted by molar-refractivity contribution is -0.139. The molecule has 1 N–H and O–H groups in total. The Balaban J connectivity index is 4.16. The molecule has 0 unspecified atom stereocenters. The van der Waals surface area contributed by atoms with Crippen molar-refractivity contribution in [3.05, 3.63) is 0 Å². The second-order valence-corrected chi connectivity index (χ2v) is 2.01. The van der Waals surface area contributed by atoms with E-state index in [0.29, 0.717) is 0 Å². The summed E-state index contributed by atoms with van der Waals surface area (Å²) in [4.78, 5) is 10.7. The molecule has 0 aromatic carbocycles. The van der Waals surface area contributed by atoms with E-state index in [2.05, 4.69) is 9.89 Å². The van der Waals surface area contributed by atoms with E-state index in [0.717, 1.165) is 0 Å². The lowest BCUT2D eigenvalue weighted by atomic mass is 10.4. The molecule has 0 saturated heterocycles. The van der Waals surface area contributed by atoms with E-state index in [9.17, 15) is 4.79 Å². The predicted octanol–water partition coefficient (Wildman–Crippen LogP) is 0.292. The normalized spacial score (nSPS) is 10.9. The fourth-order valence-electron chi connectivity index (χ4n) is 0.379. The third kappa shape index (κ3) is 3.20. The maximum Gasteiger partial charge on any atom is 0.371 e. The highest BCUT2D eigenvalue weighted by molar-refractivity contribution is 6.42. The highest BCUT2D eigenvalue weighted by Crippen LogP contribution is 1.90. The van der Waals surface area contributed by atoms with Crippen LogP contribution in [0.4, 0.5) is 0 Å². The Bertz CT molecular complexity index is 214. The SMILES string of the molecule is CC(C)OC(=O)C(C#N)=NO. The van der Waals surface area contributed by atoms with Crippen molar-refractivity contribution in [2.75, 3.05) is 0 Å². The standard InChI is InChI=1S/C6H8N2O3/c1-4(2)11-6(9)5(3-7)8-10/h4,10H,1-2H3. The fraction of sp³-hybridized carbons (Fsp3) is 0.500. The second-order valence-electron chi connectivity index (χ2n) is 2.01. The number of nitrogens with zero attached hydrogens (tertiary/aromatic N) is 2. The van der Waals surface area contributed by atoms with Gasteiger partial charge in [-0.1, -0.05) is 5.16 Å². The number of nitriles is 1. The lowest BCUT2D eigenvalue weighted by Gasteiger charge is -2.04. The summed E-state index contributed by atoms with van der Waals surface area (Å²) in [6.07, 6.45) is -0.326. The lowest BCUT2D eigenvalue weighted by Crippen LogP contribution is -2.19. The van der Waals surface area contributed by atoms with E-state index in [1.165, 1.54) is 6.07 Å². The van der Waals surface area contributed by atoms with Gasteiger partial charge in [-0.2, -0.15) is 5.26 Å². The van der Waals surface area contributed by atoms with Gasteiger partial charge >= 0.3 is 5.97 Å². The molecule has 0 aromatic heterocycles. The maximum absolute atomic E-state index is 10.7. The zero-order chi connectivity index (χ0) is 8.85. The number of esters is 1. The molecular weight excluding hydrogens is 148 g/mol. The summed E-state index contributed by atoms with van der Waals surface area (Å²) in [6, 6.07) is 1.38. The van der Waals surface area contributed by atoms with Crippen molar-refractivity contribution in [3.8, 4) is 6.07 Å². The average molecular weight is 156 g/mol. The minimum atomic E-state index is -0.912. The number of carbonyl (C=O) groups excluding carboxylic acids is 1. The summed E-state index contributed by atoms with van der Waals surface area (Å²) in [5, 5.41) is 18.7. The quantitative estimate of drug-likeness (QED) is 0.269. The first-order valence-corrected chi connectivity index (χ1v) is 2.95. The molecule has 5 heteroatoms. The number of hydrogen-bond acceptors (Lipinski definition) is 5. The first-order valence-electron chi connectivity index (χ1n) is 2.95. The van der Waals surface area contributed by atoms with Crippen molar-refractivity contribution in [3.63, 3.8) is 0 Å². The van der Waals surface area contributed by atoms with Crippen LogP contribution in [0.5, 0.6) is 0 Å². The number of ether oxygens (including phenoxy) is 1. The third-order valence-corrected chi connectivity index (χ3v) is 0.742. The Hall–Kier alpha value is -1.57. The molecule has 0 heterocycles. The minimum absolute atomic E-state index is 0.326. The van der Waals surface area contributed by atoms with Gasteiger partial charge in [-0.05, 0) is 13.8 Å². The Morgan fingerprint density at radius 2 is 2.27 bits per heavy atom. The van der Waals surface area contributed by atoms with Crippen LogP contribution >= 0.6 is 0 Å². The first-order chi connectivity index (χ1) is 5.11. The summed E-state index contributed by atoms with van der Waals surface area (Å²) in [5.74, 6) is -0.912. The molecule has 0 aromatic rings. The van der Waals surface area contributed by atoms with Gasteiger partial charge in [0.1, 0.15) is 6.07 Å². The molecule has 0 fully saturated rings. The number of rotatable bonds is 2. The van der Waals surface area contributed by atoms with Crippen LogP contribution in [0.1, 0.15) is 13.8 Å². The molecule has 0 atom stereocenters. The largest absolute Gasteiger partial charge is 0.458 e. The molecule has 0 bridgehead atoms. The van der Waals surface area contributed by atoms with E-state index in [1.54, 1.807) is 13.8 Å². The zero-order valence-electron chi connectivity index (χ0n) is 6.24. The summed E-state index contributed by atoms with van der Waals surface area (Å²) >= 11 is 0. The van der Waals surface area contributed by atoms with Crippen molar-refractivity contribution in [2.24, 2.45) is 5.16 Å². The van der Waals surface area contributed by atoms with Crippen LogP contribution in [-0.4, -0.2) is 23.0 Å². The fourth-order valence-corrected chi connectivity index (χ4v) is 0.379. The van der Waals surface area contributed by atoms with Gasteiger partial charge in [0, 0.05) is 0 Å². The van der Waals surface area contributed by atoms with Crippen LogP contribution in [0, 0.1) is 11.3 Å². The predicted molar refractivity (Wildman–Crippen MR) is 36.1 cm³/mol. The monoisotopic (exact) mass is 156 g/mol. The van der Waals surface area contributed by atoms with Crippen molar-refractivity contribution < 1.29 is 14.7 Å². The molecule has 0 rings (SSSR count). The van der Waals surface area contributed by atoms with E-state index in [-0.39, 0.29) is 6.10 Å². The van der Waals surface area contributed by atoms with Crippen molar-refractivity contribution in [1.29, 1.82) is 5.26 Å². The van der Waals surface area contributed by atoms with Gasteiger partial charge in [0.25, 0.3) is 5.71 Å². The van der Waals surface area contributed by atoms with Crippen LogP contribution in [0.3, 0.4) is 0 Å². The maximum atomic E-state index is 10.7. The Morgan fingerprint density at radius 3 is 2.55 bits per heavy atom. The zero-order valence-corrected chi connectivity index (χ0v) is 6.24. The van der Waals surface area contributed by atoms with E-state index in [1.807, 2.05) is 0 Å². The molecule has 0 aliphatic heterocycles. The number of hydrogen-bond donors (Lipinski definition) is 1. The van der Waals surface area contributed by atoms with Crippen molar-refractivity contribution >= 4 is 11.7 Å². The van der Waals surface area contributed by atoms with Gasteiger partial charge in [0.15, 0.2) is 0 Å². The summed E-state index contributed by atoms with van der Waals surface area (Å²) in [7, 11) is 0. The Morgan fingerprint density at radius 1 is 1.73 bits per heavy atom. The van der Waals surface area contributed by atoms with Gasteiger partial charge in [-0.25, -0.2) is 4.79 Å². The average Bonchev–Trinajstić information content (AvgIpc) is 1.88. The van der Waals surface area contributed by atoms with Crippen molar-refractivity contribution in [1.82, 2.24) is 0 Å². The Labute approximate surface area is 63.9 Å². The molecule has 0 aliphatic carbocycles. The van der Waals surface area contributed by atoms with Gasteiger partial charge < -0.3 is 9.94 Å². The molecular formula is C6H8N2O3. The second kappa shape index (κ2) is 4.28. The molecule has 0 radical (unpaired) electrons. The Kier molecular flexibility index (Phi) is 3.67. The third-order valence-electron chi connectivity index (χ3n) is 0.742. The summed E-state index contributed by atoms with van der Waals surface area (Å²) in [5.41, 5.74) is -0.640. The smallest absolute Gasteiger partial charge is 0.371 e. The molecule has 5 nitrogen and oxygen atoms in total. The van der Waals surface area contributed by atoms with Crippen LogP contribution < -0.4 is 0 Å². The van der Waals surface area contributed by atoms with Gasteiger partial charge in [0.05, 0.1) is 6.10 Å². The van der Waals surface area contributed by atoms with Crippen molar-refractivity contribution in [2.45, 2.75) is 20.0 Å². The number of oxime groups is 1. The van der Waals surface area contributed by atoms with Crippen LogP contribution in [-0.2, 0) is 9.53 Å². The molecule has 0 amide bonds. The van der Waals surface area contributed by atoms with Gasteiger partial charge in [0.2, 0.25) is 0 Å². The molecule has 0 aliphatic rings. The summed E-state index contributed by atoms with van der Waals surface area (Å²) in [6.45, 7) is 3.26. The highest BCUT2D eigenvalue weighted by atomic mass is 16.5. The van der Waals surface area contributed by atoms with E-state index < -0.39 is 11.7 Å². The topological polar surface area (TPSA) is 82.7 Å². The van der Waals surface area contributed by atoms with Crippen LogP contribution in [0.2, 0.25) is 0 Å². The van der Waals surface area contributed by atoms with E-state index in [4.69, 9.17) is 10.5 Å². The summed E-state index contributed by atoms with van der Waals surface area (Å²) < 4.78 is 4.54. The molecule has 60 valence electrons. The highest BCUT2D eigenvalue weighted by Gasteiger charge is 2.13. The van der Waals surface area contributed by atoms with Crippen LogP contribution in [0.25, 0.3) is 0 Å². The molecule has 0 spiro atoms. The molecule has 0 saturated carbocycles.